The first-order chi connectivity index (χ1) is 14.5. The number of amides is 1. The van der Waals surface area contributed by atoms with Gasteiger partial charge in [0.25, 0.3) is 0 Å². The normalized spacial score (nSPS) is 47.4. The Balaban J connectivity index is 1.43. The van der Waals surface area contributed by atoms with Crippen LogP contribution >= 0.6 is 0 Å². The molecule has 5 fully saturated rings. The SMILES string of the molecule is COC1CCC2C3[NH2+]CCC4C5CC(OCC(=O)[O-])CCC5N(C(=O)C2C1OC)C43. The van der Waals surface area contributed by atoms with Gasteiger partial charge >= 0.3 is 0 Å². The van der Waals surface area contributed by atoms with E-state index in [0.717, 1.165) is 45.1 Å². The fourth-order valence-electron chi connectivity index (χ4n) is 7.84. The van der Waals surface area contributed by atoms with Crippen LogP contribution in [-0.4, -0.2) is 80.6 Å². The number of carbonyl (C=O) groups is 2. The summed E-state index contributed by atoms with van der Waals surface area (Å²) in [5.41, 5.74) is 0. The van der Waals surface area contributed by atoms with Crippen molar-refractivity contribution in [3.8, 4) is 0 Å². The summed E-state index contributed by atoms with van der Waals surface area (Å²) in [6.45, 7) is 0.753. The van der Waals surface area contributed by atoms with Crippen LogP contribution in [0.3, 0.4) is 0 Å². The van der Waals surface area contributed by atoms with Gasteiger partial charge in [0, 0.05) is 32.6 Å². The lowest BCUT2D eigenvalue weighted by Gasteiger charge is -2.53. The average Bonchev–Trinajstić information content (AvgIpc) is 3.09. The van der Waals surface area contributed by atoms with Gasteiger partial charge in [-0.2, -0.15) is 0 Å². The number of methoxy groups -OCH3 is 2. The number of nitrogens with zero attached hydrogens (tertiary/aromatic N) is 1. The second kappa shape index (κ2) is 8.04. The molecule has 5 aliphatic rings. The summed E-state index contributed by atoms with van der Waals surface area (Å²) in [6.07, 6.45) is 5.35. The van der Waals surface area contributed by atoms with Crippen molar-refractivity contribution in [2.24, 2.45) is 23.7 Å². The quantitative estimate of drug-likeness (QED) is 0.580. The van der Waals surface area contributed by atoms with Crippen LogP contribution in [0.25, 0.3) is 0 Å². The molecule has 8 heteroatoms. The lowest BCUT2D eigenvalue weighted by atomic mass is 9.64. The zero-order valence-electron chi connectivity index (χ0n) is 17.9. The summed E-state index contributed by atoms with van der Waals surface area (Å²) in [6, 6.07) is 0.958. The van der Waals surface area contributed by atoms with Crippen molar-refractivity contribution in [3.05, 3.63) is 0 Å². The molecule has 2 aliphatic carbocycles. The van der Waals surface area contributed by atoms with Crippen molar-refractivity contribution in [2.75, 3.05) is 27.4 Å². The lowest BCUT2D eigenvalue weighted by Crippen LogP contribution is -2.99. The van der Waals surface area contributed by atoms with Crippen molar-refractivity contribution in [1.29, 1.82) is 0 Å². The molecule has 168 valence electrons. The summed E-state index contributed by atoms with van der Waals surface area (Å²) in [7, 11) is 3.42. The van der Waals surface area contributed by atoms with Gasteiger partial charge in [0.05, 0.1) is 49.4 Å². The van der Waals surface area contributed by atoms with Gasteiger partial charge in [0.1, 0.15) is 6.04 Å². The van der Waals surface area contributed by atoms with E-state index in [1.807, 2.05) is 0 Å². The zero-order valence-corrected chi connectivity index (χ0v) is 17.9. The Bertz CT molecular complexity index is 689. The predicted molar refractivity (Wildman–Crippen MR) is 103 cm³/mol. The van der Waals surface area contributed by atoms with Crippen molar-refractivity contribution < 1.29 is 34.2 Å². The third-order valence-electron chi connectivity index (χ3n) is 8.83. The highest BCUT2D eigenvalue weighted by molar-refractivity contribution is 5.82. The molecule has 30 heavy (non-hydrogen) atoms. The monoisotopic (exact) mass is 422 g/mol. The number of quaternary nitrogens is 1. The number of hydrogen-bond acceptors (Lipinski definition) is 6. The van der Waals surface area contributed by atoms with Gasteiger partial charge in [0.2, 0.25) is 5.91 Å². The average molecular weight is 423 g/mol. The van der Waals surface area contributed by atoms with E-state index >= 15 is 0 Å². The van der Waals surface area contributed by atoms with E-state index in [-0.39, 0.29) is 42.8 Å². The summed E-state index contributed by atoms with van der Waals surface area (Å²) in [5.74, 6) is 0.196. The largest absolute Gasteiger partial charge is 0.548 e. The Morgan fingerprint density at radius 1 is 1.10 bits per heavy atom. The van der Waals surface area contributed by atoms with Gasteiger partial charge < -0.3 is 34.3 Å². The number of carboxylic acid groups (broad SMARTS) is 1. The number of hydrogen-bond donors (Lipinski definition) is 1. The second-order valence-corrected chi connectivity index (χ2v) is 9.88. The molecule has 1 amide bonds. The van der Waals surface area contributed by atoms with Crippen molar-refractivity contribution in [1.82, 2.24) is 4.90 Å². The molecule has 3 heterocycles. The van der Waals surface area contributed by atoms with E-state index in [4.69, 9.17) is 14.2 Å². The smallest absolute Gasteiger partial charge is 0.229 e. The minimum absolute atomic E-state index is 0.0247. The molecule has 10 unspecified atom stereocenters. The third-order valence-corrected chi connectivity index (χ3v) is 8.83. The van der Waals surface area contributed by atoms with E-state index in [0.29, 0.717) is 29.8 Å². The van der Waals surface area contributed by atoms with E-state index in [9.17, 15) is 14.7 Å². The van der Waals surface area contributed by atoms with Gasteiger partial charge in [-0.05, 0) is 43.9 Å². The summed E-state index contributed by atoms with van der Waals surface area (Å²) >= 11 is 0. The van der Waals surface area contributed by atoms with E-state index in [2.05, 4.69) is 10.2 Å². The Labute approximate surface area is 177 Å². The minimum Gasteiger partial charge on any atom is -0.548 e. The number of carbonyl (C=O) groups excluding carboxylic acids is 2. The number of rotatable bonds is 5. The molecule has 0 radical (unpaired) electrons. The molecule has 0 aromatic heterocycles. The van der Waals surface area contributed by atoms with Crippen molar-refractivity contribution >= 4 is 11.9 Å². The zero-order chi connectivity index (χ0) is 21.0. The van der Waals surface area contributed by atoms with Gasteiger partial charge in [0.15, 0.2) is 0 Å². The highest BCUT2D eigenvalue weighted by atomic mass is 16.5. The van der Waals surface area contributed by atoms with Crippen LogP contribution in [0.15, 0.2) is 0 Å². The highest BCUT2D eigenvalue weighted by Crippen LogP contribution is 2.53. The number of aliphatic carboxylic acids is 1. The molecule has 10 atom stereocenters. The fourth-order valence-corrected chi connectivity index (χ4v) is 7.84. The number of carboxylic acids is 1. The van der Waals surface area contributed by atoms with Crippen LogP contribution in [0.4, 0.5) is 0 Å². The molecule has 2 N–H and O–H groups in total. The van der Waals surface area contributed by atoms with Gasteiger partial charge in [-0.25, -0.2) is 0 Å². The molecule has 3 aliphatic heterocycles. The van der Waals surface area contributed by atoms with E-state index < -0.39 is 5.97 Å². The molecule has 2 saturated carbocycles. The molecule has 0 spiro atoms. The maximum Gasteiger partial charge on any atom is 0.229 e. The van der Waals surface area contributed by atoms with Crippen LogP contribution in [0.5, 0.6) is 0 Å². The number of nitrogens with two attached hydrogens (primary N) is 1. The summed E-state index contributed by atoms with van der Waals surface area (Å²) in [4.78, 5) is 27.0. The molecular formula is C22H34N2O6. The summed E-state index contributed by atoms with van der Waals surface area (Å²) in [5, 5.41) is 13.3. The molecule has 0 aromatic rings. The number of fused-ring (bicyclic) bond motifs is 5. The molecule has 5 rings (SSSR count). The maximum absolute atomic E-state index is 13.9. The van der Waals surface area contributed by atoms with Gasteiger partial charge in [-0.15, -0.1) is 0 Å². The van der Waals surface area contributed by atoms with Crippen LogP contribution in [0.1, 0.15) is 38.5 Å². The molecular weight excluding hydrogens is 388 g/mol. The third kappa shape index (κ3) is 3.10. The second-order valence-electron chi connectivity index (χ2n) is 9.88. The molecule has 8 nitrogen and oxygen atoms in total. The molecule has 0 bridgehead atoms. The Morgan fingerprint density at radius 2 is 1.93 bits per heavy atom. The first-order valence-electron chi connectivity index (χ1n) is 11.6. The fraction of sp³-hybridized carbons (Fsp3) is 0.909. The first-order valence-corrected chi connectivity index (χ1v) is 11.6. The van der Waals surface area contributed by atoms with E-state index in [1.165, 1.54) is 0 Å². The van der Waals surface area contributed by atoms with Crippen LogP contribution in [0, 0.1) is 23.7 Å². The minimum atomic E-state index is -1.16. The number of ether oxygens (including phenoxy) is 3. The predicted octanol–water partition coefficient (Wildman–Crippen LogP) is -1.48. The Morgan fingerprint density at radius 3 is 2.67 bits per heavy atom. The lowest BCUT2D eigenvalue weighted by molar-refractivity contribution is -0.713. The molecule has 0 aromatic carbocycles. The van der Waals surface area contributed by atoms with Crippen molar-refractivity contribution in [3.63, 3.8) is 0 Å². The van der Waals surface area contributed by atoms with Crippen LogP contribution in [-0.2, 0) is 23.8 Å². The van der Waals surface area contributed by atoms with Gasteiger partial charge in [-0.3, -0.25) is 4.79 Å². The topological polar surface area (TPSA) is 105 Å². The van der Waals surface area contributed by atoms with Crippen molar-refractivity contribution in [2.45, 2.75) is 75.0 Å². The highest BCUT2D eigenvalue weighted by Gasteiger charge is 2.65. The van der Waals surface area contributed by atoms with Gasteiger partial charge in [-0.1, -0.05) is 0 Å². The summed E-state index contributed by atoms with van der Waals surface area (Å²) < 4.78 is 17.2. The number of piperidine rings is 2. The first kappa shape index (κ1) is 20.7. The van der Waals surface area contributed by atoms with Crippen LogP contribution < -0.4 is 10.4 Å². The van der Waals surface area contributed by atoms with Crippen LogP contribution in [0.2, 0.25) is 0 Å². The Kier molecular flexibility index (Phi) is 5.54. The Hall–Kier alpha value is -1.22. The maximum atomic E-state index is 13.9. The standard InChI is InChI=1S/C22H34N2O6/c1-28-16-6-4-13-18(21(16)29-2)22(27)24-15-5-3-11(30-10-17(25)26)9-14(15)12-7-8-23-19(13)20(12)24/h11-16,18-21,23H,3-10H2,1-2H3,(H,25,26). The molecule has 3 saturated heterocycles. The van der Waals surface area contributed by atoms with E-state index in [1.54, 1.807) is 14.2 Å².